The van der Waals surface area contributed by atoms with Crippen LogP contribution >= 0.6 is 11.3 Å². The summed E-state index contributed by atoms with van der Waals surface area (Å²) in [5.74, 6) is -0.471. The van der Waals surface area contributed by atoms with Crippen molar-refractivity contribution in [2.24, 2.45) is 0 Å². The predicted molar refractivity (Wildman–Crippen MR) is 69.0 cm³/mol. The molecule has 0 aromatic carbocycles. The van der Waals surface area contributed by atoms with Gasteiger partial charge in [-0.15, -0.1) is 0 Å². The number of pyridine rings is 1. The van der Waals surface area contributed by atoms with E-state index >= 15 is 0 Å². The largest absolute Gasteiger partial charge is 0.478 e. The average Bonchev–Trinajstić information content (AvgIpc) is 2.90. The zero-order valence-corrected chi connectivity index (χ0v) is 10.2. The van der Waals surface area contributed by atoms with Gasteiger partial charge < -0.3 is 15.5 Å². The van der Waals surface area contributed by atoms with E-state index in [-0.39, 0.29) is 5.56 Å². The SMILES string of the molecule is O=C(O)c1ccc(NCC(O)c2ccsc2)nc1. The molecule has 2 heterocycles. The van der Waals surface area contributed by atoms with Crippen molar-refractivity contribution in [3.05, 3.63) is 46.3 Å². The van der Waals surface area contributed by atoms with E-state index < -0.39 is 12.1 Å². The molecule has 2 aromatic rings. The van der Waals surface area contributed by atoms with E-state index in [1.807, 2.05) is 16.8 Å². The van der Waals surface area contributed by atoms with Crippen molar-refractivity contribution in [3.63, 3.8) is 0 Å². The molecule has 0 saturated carbocycles. The number of carbonyl (C=O) groups is 1. The van der Waals surface area contributed by atoms with Crippen LogP contribution in [0.5, 0.6) is 0 Å². The van der Waals surface area contributed by atoms with Gasteiger partial charge in [-0.05, 0) is 34.5 Å². The molecule has 94 valence electrons. The molecule has 2 aromatic heterocycles. The van der Waals surface area contributed by atoms with Crippen molar-refractivity contribution in [1.29, 1.82) is 0 Å². The number of carboxylic acids is 1. The lowest BCUT2D eigenvalue weighted by Crippen LogP contribution is -2.12. The Labute approximate surface area is 108 Å². The molecule has 0 aliphatic heterocycles. The normalized spacial score (nSPS) is 12.1. The van der Waals surface area contributed by atoms with Gasteiger partial charge in [0.05, 0.1) is 11.7 Å². The molecule has 1 unspecified atom stereocenters. The Balaban J connectivity index is 1.92. The lowest BCUT2D eigenvalue weighted by atomic mass is 10.2. The number of aliphatic hydroxyl groups is 1. The van der Waals surface area contributed by atoms with Gasteiger partial charge in [0.15, 0.2) is 0 Å². The van der Waals surface area contributed by atoms with Crippen molar-refractivity contribution < 1.29 is 15.0 Å². The van der Waals surface area contributed by atoms with Crippen LogP contribution in [0.25, 0.3) is 0 Å². The third-order valence-corrected chi connectivity index (χ3v) is 3.12. The highest BCUT2D eigenvalue weighted by atomic mass is 32.1. The van der Waals surface area contributed by atoms with Gasteiger partial charge in [-0.25, -0.2) is 9.78 Å². The minimum Gasteiger partial charge on any atom is -0.478 e. The van der Waals surface area contributed by atoms with Crippen LogP contribution in [0.1, 0.15) is 22.0 Å². The maximum absolute atomic E-state index is 10.6. The summed E-state index contributed by atoms with van der Waals surface area (Å²) in [6.45, 7) is 0.330. The van der Waals surface area contributed by atoms with Gasteiger partial charge in [0.2, 0.25) is 0 Å². The highest BCUT2D eigenvalue weighted by Gasteiger charge is 2.08. The zero-order valence-electron chi connectivity index (χ0n) is 9.41. The van der Waals surface area contributed by atoms with Gasteiger partial charge in [0.25, 0.3) is 0 Å². The summed E-state index contributed by atoms with van der Waals surface area (Å²) in [7, 11) is 0. The minimum atomic E-state index is -1.01. The molecule has 0 aliphatic carbocycles. The summed E-state index contributed by atoms with van der Waals surface area (Å²) in [5.41, 5.74) is 0.994. The number of aromatic nitrogens is 1. The fourth-order valence-electron chi connectivity index (χ4n) is 1.41. The summed E-state index contributed by atoms with van der Waals surface area (Å²) < 4.78 is 0. The number of hydrogen-bond acceptors (Lipinski definition) is 5. The quantitative estimate of drug-likeness (QED) is 0.769. The van der Waals surface area contributed by atoms with Gasteiger partial charge >= 0.3 is 5.97 Å². The van der Waals surface area contributed by atoms with Crippen LogP contribution in [-0.4, -0.2) is 27.7 Å². The second-order valence-electron chi connectivity index (χ2n) is 3.69. The van der Waals surface area contributed by atoms with Crippen LogP contribution in [0.15, 0.2) is 35.2 Å². The third kappa shape index (κ3) is 3.06. The Hall–Kier alpha value is -1.92. The fourth-order valence-corrected chi connectivity index (χ4v) is 2.12. The molecule has 0 bridgehead atoms. The first-order valence-electron chi connectivity index (χ1n) is 5.30. The monoisotopic (exact) mass is 264 g/mol. The molecule has 0 amide bonds. The van der Waals surface area contributed by atoms with E-state index in [2.05, 4.69) is 10.3 Å². The molecular weight excluding hydrogens is 252 g/mol. The van der Waals surface area contributed by atoms with Crippen LogP contribution in [-0.2, 0) is 0 Å². The number of hydrogen-bond donors (Lipinski definition) is 3. The van der Waals surface area contributed by atoms with E-state index in [1.165, 1.54) is 23.6 Å². The summed E-state index contributed by atoms with van der Waals surface area (Å²) in [6.07, 6.45) is 0.680. The van der Waals surface area contributed by atoms with Crippen LogP contribution < -0.4 is 5.32 Å². The number of nitrogens with one attached hydrogen (secondary N) is 1. The number of rotatable bonds is 5. The molecule has 0 spiro atoms. The van der Waals surface area contributed by atoms with Gasteiger partial charge in [-0.1, -0.05) is 0 Å². The molecule has 18 heavy (non-hydrogen) atoms. The molecule has 0 fully saturated rings. The minimum absolute atomic E-state index is 0.138. The summed E-state index contributed by atoms with van der Waals surface area (Å²) in [6, 6.07) is 4.90. The molecular formula is C12H12N2O3S. The third-order valence-electron chi connectivity index (χ3n) is 2.41. The Kier molecular flexibility index (Phi) is 3.91. The van der Waals surface area contributed by atoms with Crippen LogP contribution in [0.4, 0.5) is 5.82 Å². The Morgan fingerprint density at radius 2 is 2.28 bits per heavy atom. The Morgan fingerprint density at radius 3 is 2.83 bits per heavy atom. The Bertz CT molecular complexity index is 511. The molecule has 3 N–H and O–H groups in total. The van der Waals surface area contributed by atoms with E-state index in [4.69, 9.17) is 5.11 Å². The smallest absolute Gasteiger partial charge is 0.337 e. The van der Waals surface area contributed by atoms with Crippen LogP contribution in [0.2, 0.25) is 0 Å². The maximum Gasteiger partial charge on any atom is 0.337 e. The van der Waals surface area contributed by atoms with Crippen molar-refractivity contribution >= 4 is 23.1 Å². The van der Waals surface area contributed by atoms with Crippen molar-refractivity contribution in [2.45, 2.75) is 6.10 Å². The topological polar surface area (TPSA) is 82.5 Å². The van der Waals surface area contributed by atoms with Gasteiger partial charge in [-0.3, -0.25) is 0 Å². The second kappa shape index (κ2) is 5.61. The van der Waals surface area contributed by atoms with Crippen LogP contribution in [0, 0.1) is 0 Å². The number of aliphatic hydroxyl groups excluding tert-OH is 1. The molecule has 0 radical (unpaired) electrons. The molecule has 1 atom stereocenters. The average molecular weight is 264 g/mol. The summed E-state index contributed by atoms with van der Waals surface area (Å²) in [4.78, 5) is 14.6. The van der Waals surface area contributed by atoms with Crippen molar-refractivity contribution in [3.8, 4) is 0 Å². The molecule has 0 aliphatic rings. The highest BCUT2D eigenvalue weighted by molar-refractivity contribution is 7.07. The van der Waals surface area contributed by atoms with E-state index in [1.54, 1.807) is 6.07 Å². The Morgan fingerprint density at radius 1 is 1.44 bits per heavy atom. The van der Waals surface area contributed by atoms with Gasteiger partial charge in [0.1, 0.15) is 5.82 Å². The number of thiophene rings is 1. The maximum atomic E-state index is 10.6. The zero-order chi connectivity index (χ0) is 13.0. The number of aromatic carboxylic acids is 1. The number of nitrogens with zero attached hydrogens (tertiary/aromatic N) is 1. The summed E-state index contributed by atoms with van der Waals surface area (Å²) >= 11 is 1.53. The molecule has 6 heteroatoms. The molecule has 5 nitrogen and oxygen atoms in total. The first kappa shape index (κ1) is 12.5. The number of carboxylic acid groups (broad SMARTS) is 1. The van der Waals surface area contributed by atoms with Gasteiger partial charge in [-0.2, -0.15) is 11.3 Å². The van der Waals surface area contributed by atoms with Crippen LogP contribution in [0.3, 0.4) is 0 Å². The predicted octanol–water partition coefficient (Wildman–Crippen LogP) is 1.99. The number of anilines is 1. The van der Waals surface area contributed by atoms with E-state index in [0.717, 1.165) is 5.56 Å². The summed E-state index contributed by atoms with van der Waals surface area (Å²) in [5, 5.41) is 25.3. The van der Waals surface area contributed by atoms with E-state index in [0.29, 0.717) is 12.4 Å². The van der Waals surface area contributed by atoms with Crippen molar-refractivity contribution in [2.75, 3.05) is 11.9 Å². The van der Waals surface area contributed by atoms with E-state index in [9.17, 15) is 9.90 Å². The fraction of sp³-hybridized carbons (Fsp3) is 0.167. The first-order valence-corrected chi connectivity index (χ1v) is 6.24. The first-order chi connectivity index (χ1) is 8.66. The molecule has 2 rings (SSSR count). The standard InChI is InChI=1S/C12H12N2O3S/c15-10(9-3-4-18-7-9)6-14-11-2-1-8(5-13-11)12(16)17/h1-5,7,10,15H,6H2,(H,13,14)(H,16,17). The van der Waals surface area contributed by atoms with Crippen molar-refractivity contribution in [1.82, 2.24) is 4.98 Å². The molecule has 0 saturated heterocycles. The lowest BCUT2D eigenvalue weighted by molar-refractivity contribution is 0.0696. The van der Waals surface area contributed by atoms with Gasteiger partial charge in [0, 0.05) is 12.7 Å². The second-order valence-corrected chi connectivity index (χ2v) is 4.47. The highest BCUT2D eigenvalue weighted by Crippen LogP contribution is 2.16. The lowest BCUT2D eigenvalue weighted by Gasteiger charge is -2.10.